The van der Waals surface area contributed by atoms with E-state index in [-0.39, 0.29) is 0 Å². The molecule has 0 saturated carbocycles. The van der Waals surface area contributed by atoms with Crippen LogP contribution in [0.25, 0.3) is 0 Å². The second-order valence-corrected chi connectivity index (χ2v) is 6.00. The Hall–Kier alpha value is -2.30. The third-order valence-corrected chi connectivity index (χ3v) is 4.13. The van der Waals surface area contributed by atoms with E-state index in [0.29, 0.717) is 16.0 Å². The van der Waals surface area contributed by atoms with Gasteiger partial charge >= 0.3 is 0 Å². The van der Waals surface area contributed by atoms with Gasteiger partial charge in [-0.25, -0.2) is 4.98 Å². The number of nitrogens with one attached hydrogen (secondary N) is 2. The number of nitrogens with zero attached hydrogens (tertiary/aromatic N) is 2. The van der Waals surface area contributed by atoms with Gasteiger partial charge in [0.15, 0.2) is 0 Å². The average molecular weight is 359 g/mol. The zero-order valence-corrected chi connectivity index (χ0v) is 14.3. The largest absolute Gasteiger partial charge is 0.370 e. The first-order valence-corrected chi connectivity index (χ1v) is 8.29. The average Bonchev–Trinajstić information content (AvgIpc) is 2.60. The first kappa shape index (κ1) is 16.6. The number of rotatable bonds is 6. The molecular formula is C18H16Cl2N4. The molecule has 0 aliphatic rings. The Morgan fingerprint density at radius 3 is 2.54 bits per heavy atom. The first-order chi connectivity index (χ1) is 11.7. The highest BCUT2D eigenvalue weighted by Gasteiger charge is 2.03. The highest BCUT2D eigenvalue weighted by Crippen LogP contribution is 2.26. The van der Waals surface area contributed by atoms with Crippen molar-refractivity contribution in [2.45, 2.75) is 6.42 Å². The maximum absolute atomic E-state index is 6.01. The molecule has 6 heteroatoms. The molecule has 122 valence electrons. The summed E-state index contributed by atoms with van der Waals surface area (Å²) in [6, 6.07) is 17.5. The molecule has 0 spiro atoms. The summed E-state index contributed by atoms with van der Waals surface area (Å²) in [5, 5.41) is 7.42. The van der Waals surface area contributed by atoms with E-state index in [1.807, 2.05) is 30.3 Å². The van der Waals surface area contributed by atoms with Crippen LogP contribution in [0.3, 0.4) is 0 Å². The fourth-order valence-corrected chi connectivity index (χ4v) is 2.50. The Bertz CT molecular complexity index is 809. The molecule has 3 aromatic rings. The monoisotopic (exact) mass is 358 g/mol. The van der Waals surface area contributed by atoms with Gasteiger partial charge in [0.25, 0.3) is 0 Å². The molecule has 0 bridgehead atoms. The molecule has 0 aliphatic heterocycles. The van der Waals surface area contributed by atoms with E-state index in [2.05, 4.69) is 32.7 Å². The van der Waals surface area contributed by atoms with Gasteiger partial charge in [0.2, 0.25) is 5.95 Å². The fraction of sp³-hybridized carbons (Fsp3) is 0.111. The summed E-state index contributed by atoms with van der Waals surface area (Å²) >= 11 is 11.9. The molecule has 1 aromatic heterocycles. The predicted octanol–water partition coefficient (Wildman–Crippen LogP) is 5.18. The van der Waals surface area contributed by atoms with Crippen molar-refractivity contribution in [2.75, 3.05) is 17.2 Å². The highest BCUT2D eigenvalue weighted by molar-refractivity contribution is 6.42. The number of anilines is 3. The molecule has 0 aliphatic carbocycles. The quantitative estimate of drug-likeness (QED) is 0.637. The van der Waals surface area contributed by atoms with Crippen LogP contribution in [0.2, 0.25) is 10.0 Å². The second kappa shape index (κ2) is 7.99. The number of halogens is 2. The van der Waals surface area contributed by atoms with Crippen LogP contribution in [0.1, 0.15) is 5.56 Å². The summed E-state index contributed by atoms with van der Waals surface area (Å²) in [6.07, 6.45) is 2.64. The van der Waals surface area contributed by atoms with Crippen LogP contribution in [0.5, 0.6) is 0 Å². The predicted molar refractivity (Wildman–Crippen MR) is 100 cm³/mol. The molecule has 3 rings (SSSR count). The third-order valence-electron chi connectivity index (χ3n) is 3.39. The summed E-state index contributed by atoms with van der Waals surface area (Å²) in [6.45, 7) is 0.799. The molecule has 2 N–H and O–H groups in total. The molecule has 0 saturated heterocycles. The van der Waals surface area contributed by atoms with Crippen LogP contribution in [0, 0.1) is 0 Å². The number of hydrogen-bond acceptors (Lipinski definition) is 4. The lowest BCUT2D eigenvalue weighted by atomic mass is 10.1. The van der Waals surface area contributed by atoms with Gasteiger partial charge in [-0.3, -0.25) is 0 Å². The normalized spacial score (nSPS) is 10.4. The molecule has 2 aromatic carbocycles. The zero-order valence-electron chi connectivity index (χ0n) is 12.8. The Labute approximate surface area is 150 Å². The van der Waals surface area contributed by atoms with E-state index in [0.717, 1.165) is 24.5 Å². The van der Waals surface area contributed by atoms with Crippen LogP contribution < -0.4 is 10.6 Å². The van der Waals surface area contributed by atoms with Crippen molar-refractivity contribution in [3.05, 3.63) is 76.4 Å². The smallest absolute Gasteiger partial charge is 0.229 e. The summed E-state index contributed by atoms with van der Waals surface area (Å²) in [7, 11) is 0. The van der Waals surface area contributed by atoms with E-state index < -0.39 is 0 Å². The minimum absolute atomic E-state index is 0.485. The minimum atomic E-state index is 0.485. The topological polar surface area (TPSA) is 49.8 Å². The van der Waals surface area contributed by atoms with Crippen LogP contribution in [-0.4, -0.2) is 16.5 Å². The standard InChI is InChI=1S/C18H16Cl2N4/c19-15-7-6-14(12-16(15)20)23-18-22-11-9-17(24-18)21-10-8-13-4-2-1-3-5-13/h1-7,9,11-12H,8,10H2,(H2,21,22,23,24). The molecule has 0 fully saturated rings. The Morgan fingerprint density at radius 1 is 0.917 bits per heavy atom. The van der Waals surface area contributed by atoms with Gasteiger partial charge in [-0.2, -0.15) is 4.98 Å². The molecule has 4 nitrogen and oxygen atoms in total. The van der Waals surface area contributed by atoms with Crippen molar-refractivity contribution >= 4 is 40.7 Å². The third kappa shape index (κ3) is 4.60. The van der Waals surface area contributed by atoms with Crippen LogP contribution >= 0.6 is 23.2 Å². The molecular weight excluding hydrogens is 343 g/mol. The summed E-state index contributed by atoms with van der Waals surface area (Å²) in [5.74, 6) is 1.27. The van der Waals surface area contributed by atoms with Crippen LogP contribution in [0.4, 0.5) is 17.5 Å². The van der Waals surface area contributed by atoms with Gasteiger partial charge in [0.1, 0.15) is 5.82 Å². The van der Waals surface area contributed by atoms with E-state index in [9.17, 15) is 0 Å². The minimum Gasteiger partial charge on any atom is -0.370 e. The van der Waals surface area contributed by atoms with Crippen molar-refractivity contribution < 1.29 is 0 Å². The maximum atomic E-state index is 6.01. The van der Waals surface area contributed by atoms with Crippen LogP contribution in [0.15, 0.2) is 60.8 Å². The maximum Gasteiger partial charge on any atom is 0.229 e. The van der Waals surface area contributed by atoms with Crippen molar-refractivity contribution in [1.29, 1.82) is 0 Å². The lowest BCUT2D eigenvalue weighted by Crippen LogP contribution is -2.07. The lowest BCUT2D eigenvalue weighted by Gasteiger charge is -2.09. The number of aromatic nitrogens is 2. The van der Waals surface area contributed by atoms with Crippen molar-refractivity contribution in [2.24, 2.45) is 0 Å². The van der Waals surface area contributed by atoms with Crippen molar-refractivity contribution in [3.63, 3.8) is 0 Å². The lowest BCUT2D eigenvalue weighted by molar-refractivity contribution is 1.00. The van der Waals surface area contributed by atoms with Gasteiger partial charge < -0.3 is 10.6 Å². The fourth-order valence-electron chi connectivity index (χ4n) is 2.20. The molecule has 0 radical (unpaired) electrons. The van der Waals surface area contributed by atoms with Crippen LogP contribution in [-0.2, 0) is 6.42 Å². The number of hydrogen-bond donors (Lipinski definition) is 2. The zero-order chi connectivity index (χ0) is 16.8. The van der Waals surface area contributed by atoms with E-state index >= 15 is 0 Å². The molecule has 1 heterocycles. The van der Waals surface area contributed by atoms with E-state index in [1.54, 1.807) is 18.3 Å². The molecule has 0 unspecified atom stereocenters. The summed E-state index contributed by atoms with van der Waals surface area (Å²) < 4.78 is 0. The summed E-state index contributed by atoms with van der Waals surface area (Å²) in [4.78, 5) is 8.66. The van der Waals surface area contributed by atoms with Gasteiger partial charge in [0, 0.05) is 18.4 Å². The summed E-state index contributed by atoms with van der Waals surface area (Å²) in [5.41, 5.74) is 2.07. The first-order valence-electron chi connectivity index (χ1n) is 7.53. The van der Waals surface area contributed by atoms with E-state index in [4.69, 9.17) is 23.2 Å². The Morgan fingerprint density at radius 2 is 1.75 bits per heavy atom. The Kier molecular flexibility index (Phi) is 5.51. The molecule has 0 amide bonds. The van der Waals surface area contributed by atoms with E-state index in [1.165, 1.54) is 5.56 Å². The van der Waals surface area contributed by atoms with Crippen molar-refractivity contribution in [3.8, 4) is 0 Å². The molecule has 24 heavy (non-hydrogen) atoms. The molecule has 0 atom stereocenters. The van der Waals surface area contributed by atoms with Gasteiger partial charge in [-0.05, 0) is 36.2 Å². The van der Waals surface area contributed by atoms with Crippen molar-refractivity contribution in [1.82, 2.24) is 9.97 Å². The number of benzene rings is 2. The van der Waals surface area contributed by atoms with Gasteiger partial charge in [-0.15, -0.1) is 0 Å². The second-order valence-electron chi connectivity index (χ2n) is 5.18. The Balaban J connectivity index is 1.60. The van der Waals surface area contributed by atoms with Gasteiger partial charge in [0.05, 0.1) is 10.0 Å². The highest BCUT2D eigenvalue weighted by atomic mass is 35.5. The van der Waals surface area contributed by atoms with Gasteiger partial charge in [-0.1, -0.05) is 53.5 Å². The SMILES string of the molecule is Clc1ccc(Nc2nccc(NCCc3ccccc3)n2)cc1Cl.